The van der Waals surface area contributed by atoms with Crippen molar-refractivity contribution in [3.8, 4) is 0 Å². The number of rotatable bonds is 6. The van der Waals surface area contributed by atoms with E-state index in [-0.39, 0.29) is 0 Å². The van der Waals surface area contributed by atoms with Gasteiger partial charge in [-0.2, -0.15) is 0 Å². The van der Waals surface area contributed by atoms with E-state index in [0.29, 0.717) is 6.54 Å². The summed E-state index contributed by atoms with van der Waals surface area (Å²) in [5.74, 6) is 0. The lowest BCUT2D eigenvalue weighted by atomic mass is 10.1. The van der Waals surface area contributed by atoms with Gasteiger partial charge in [-0.3, -0.25) is 0 Å². The van der Waals surface area contributed by atoms with Gasteiger partial charge in [0.25, 0.3) is 0 Å². The first-order chi connectivity index (χ1) is 8.26. The molecule has 2 N–H and O–H groups in total. The fourth-order valence-electron chi connectivity index (χ4n) is 2.32. The van der Waals surface area contributed by atoms with Gasteiger partial charge in [0, 0.05) is 22.7 Å². The summed E-state index contributed by atoms with van der Waals surface area (Å²) in [4.78, 5) is 2.57. The summed E-state index contributed by atoms with van der Waals surface area (Å²) in [5.41, 5.74) is 8.48. The van der Waals surface area contributed by atoms with E-state index in [2.05, 4.69) is 46.0 Å². The van der Waals surface area contributed by atoms with Crippen LogP contribution in [0, 0.1) is 0 Å². The number of hydrogen-bond acceptors (Lipinski definition) is 2. The average Bonchev–Trinajstić information content (AvgIpc) is 3.11. The summed E-state index contributed by atoms with van der Waals surface area (Å²) in [6.45, 7) is 4.12. The number of halogens is 1. The maximum atomic E-state index is 5.71. The third kappa shape index (κ3) is 3.23. The van der Waals surface area contributed by atoms with Crippen molar-refractivity contribution in [2.45, 2.75) is 38.6 Å². The van der Waals surface area contributed by atoms with Crippen LogP contribution < -0.4 is 10.6 Å². The molecule has 1 aliphatic rings. The van der Waals surface area contributed by atoms with E-state index in [0.717, 1.165) is 23.5 Å². The third-order valence-corrected chi connectivity index (χ3v) is 3.71. The Labute approximate surface area is 112 Å². The Hall–Kier alpha value is -0.540. The van der Waals surface area contributed by atoms with E-state index < -0.39 is 0 Å². The summed E-state index contributed by atoms with van der Waals surface area (Å²) in [5, 5.41) is 0. The normalized spacial score (nSPS) is 15.0. The first-order valence-electron chi connectivity index (χ1n) is 6.51. The van der Waals surface area contributed by atoms with Gasteiger partial charge in [-0.15, -0.1) is 0 Å². The first kappa shape index (κ1) is 12.9. The van der Waals surface area contributed by atoms with Crippen LogP contribution in [0.3, 0.4) is 0 Å². The number of benzene rings is 1. The molecular weight excluding hydrogens is 276 g/mol. The standard InChI is InChI=1S/C14H21BrN2/c1-2-9-17(13-4-5-13)14-6-3-12(15)10-11(14)7-8-16/h3,6,10,13H,2,4-5,7-9,16H2,1H3. The van der Waals surface area contributed by atoms with Crippen molar-refractivity contribution in [3.63, 3.8) is 0 Å². The Morgan fingerprint density at radius 3 is 2.76 bits per heavy atom. The van der Waals surface area contributed by atoms with Crippen LogP contribution in [0.4, 0.5) is 5.69 Å². The minimum atomic E-state index is 0.716. The minimum Gasteiger partial charge on any atom is -0.368 e. The molecule has 1 fully saturated rings. The Balaban J connectivity index is 2.27. The van der Waals surface area contributed by atoms with Crippen LogP contribution >= 0.6 is 15.9 Å². The van der Waals surface area contributed by atoms with Crippen molar-refractivity contribution >= 4 is 21.6 Å². The molecule has 0 heterocycles. The largest absolute Gasteiger partial charge is 0.368 e. The Morgan fingerprint density at radius 1 is 1.41 bits per heavy atom. The highest BCUT2D eigenvalue weighted by atomic mass is 79.9. The van der Waals surface area contributed by atoms with E-state index in [1.54, 1.807) is 0 Å². The van der Waals surface area contributed by atoms with Gasteiger partial charge in [0.1, 0.15) is 0 Å². The van der Waals surface area contributed by atoms with Gasteiger partial charge in [0.2, 0.25) is 0 Å². The van der Waals surface area contributed by atoms with Gasteiger partial charge in [0.05, 0.1) is 0 Å². The molecule has 0 amide bonds. The molecular formula is C14H21BrN2. The van der Waals surface area contributed by atoms with Crippen molar-refractivity contribution in [2.24, 2.45) is 5.73 Å². The molecule has 0 unspecified atom stereocenters. The van der Waals surface area contributed by atoms with Crippen LogP contribution in [0.1, 0.15) is 31.7 Å². The van der Waals surface area contributed by atoms with Crippen LogP contribution in [-0.2, 0) is 6.42 Å². The quantitative estimate of drug-likeness (QED) is 0.872. The molecule has 0 aliphatic heterocycles. The summed E-state index contributed by atoms with van der Waals surface area (Å²) in [6.07, 6.45) is 4.85. The van der Waals surface area contributed by atoms with Crippen molar-refractivity contribution in [2.75, 3.05) is 18.0 Å². The number of nitrogens with two attached hydrogens (primary N) is 1. The predicted octanol–water partition coefficient (Wildman–Crippen LogP) is 3.33. The fourth-order valence-corrected chi connectivity index (χ4v) is 2.73. The van der Waals surface area contributed by atoms with Crippen molar-refractivity contribution in [1.82, 2.24) is 0 Å². The highest BCUT2D eigenvalue weighted by molar-refractivity contribution is 9.10. The summed E-state index contributed by atoms with van der Waals surface area (Å²) >= 11 is 3.55. The maximum absolute atomic E-state index is 5.71. The Kier molecular flexibility index (Phi) is 4.46. The van der Waals surface area contributed by atoms with Gasteiger partial charge in [-0.05, 0) is 56.0 Å². The number of nitrogens with zero attached hydrogens (tertiary/aromatic N) is 1. The number of hydrogen-bond donors (Lipinski definition) is 1. The fraction of sp³-hybridized carbons (Fsp3) is 0.571. The average molecular weight is 297 g/mol. The van der Waals surface area contributed by atoms with E-state index in [4.69, 9.17) is 5.73 Å². The second-order valence-corrected chi connectivity index (χ2v) is 5.65. The number of anilines is 1. The van der Waals surface area contributed by atoms with E-state index in [9.17, 15) is 0 Å². The Morgan fingerprint density at radius 2 is 2.18 bits per heavy atom. The molecule has 2 rings (SSSR count). The molecule has 94 valence electrons. The molecule has 1 aromatic carbocycles. The van der Waals surface area contributed by atoms with E-state index >= 15 is 0 Å². The molecule has 0 saturated heterocycles. The lowest BCUT2D eigenvalue weighted by Gasteiger charge is -2.27. The van der Waals surface area contributed by atoms with E-state index in [1.807, 2.05) is 0 Å². The van der Waals surface area contributed by atoms with Gasteiger partial charge in [-0.25, -0.2) is 0 Å². The van der Waals surface area contributed by atoms with Crippen LogP contribution in [-0.4, -0.2) is 19.1 Å². The molecule has 17 heavy (non-hydrogen) atoms. The second kappa shape index (κ2) is 5.87. The molecule has 0 radical (unpaired) electrons. The predicted molar refractivity (Wildman–Crippen MR) is 77.6 cm³/mol. The SMILES string of the molecule is CCCN(c1ccc(Br)cc1CCN)C1CC1. The van der Waals surface area contributed by atoms with Gasteiger partial charge >= 0.3 is 0 Å². The third-order valence-electron chi connectivity index (χ3n) is 3.22. The highest BCUT2D eigenvalue weighted by Gasteiger charge is 2.29. The maximum Gasteiger partial charge on any atom is 0.0402 e. The van der Waals surface area contributed by atoms with Crippen LogP contribution in [0.2, 0.25) is 0 Å². The van der Waals surface area contributed by atoms with Crippen molar-refractivity contribution < 1.29 is 0 Å². The first-order valence-corrected chi connectivity index (χ1v) is 7.30. The van der Waals surface area contributed by atoms with Gasteiger partial charge in [-0.1, -0.05) is 22.9 Å². The lowest BCUT2D eigenvalue weighted by Crippen LogP contribution is -2.27. The lowest BCUT2D eigenvalue weighted by molar-refractivity contribution is 0.756. The molecule has 3 heteroatoms. The van der Waals surface area contributed by atoms with Crippen LogP contribution in [0.25, 0.3) is 0 Å². The minimum absolute atomic E-state index is 0.716. The van der Waals surface area contributed by atoms with Crippen LogP contribution in [0.5, 0.6) is 0 Å². The molecule has 1 aliphatic carbocycles. The summed E-state index contributed by atoms with van der Waals surface area (Å²) in [6, 6.07) is 7.36. The topological polar surface area (TPSA) is 29.3 Å². The molecule has 0 bridgehead atoms. The molecule has 1 saturated carbocycles. The van der Waals surface area contributed by atoms with Gasteiger partial charge in [0.15, 0.2) is 0 Å². The molecule has 1 aromatic rings. The highest BCUT2D eigenvalue weighted by Crippen LogP contribution is 2.34. The zero-order valence-electron chi connectivity index (χ0n) is 10.5. The van der Waals surface area contributed by atoms with E-state index in [1.165, 1.54) is 30.5 Å². The molecule has 2 nitrogen and oxygen atoms in total. The smallest absolute Gasteiger partial charge is 0.0402 e. The summed E-state index contributed by atoms with van der Waals surface area (Å²) in [7, 11) is 0. The monoisotopic (exact) mass is 296 g/mol. The zero-order valence-corrected chi connectivity index (χ0v) is 12.0. The van der Waals surface area contributed by atoms with Crippen LogP contribution in [0.15, 0.2) is 22.7 Å². The Bertz CT molecular complexity index is 374. The zero-order chi connectivity index (χ0) is 12.3. The van der Waals surface area contributed by atoms with Crippen molar-refractivity contribution in [1.29, 1.82) is 0 Å². The van der Waals surface area contributed by atoms with Gasteiger partial charge < -0.3 is 10.6 Å². The second-order valence-electron chi connectivity index (χ2n) is 4.74. The molecule has 0 spiro atoms. The summed E-state index contributed by atoms with van der Waals surface area (Å²) < 4.78 is 1.15. The molecule has 0 aromatic heterocycles. The van der Waals surface area contributed by atoms with Crippen molar-refractivity contribution in [3.05, 3.63) is 28.2 Å². The molecule has 0 atom stereocenters.